The molecule has 1 saturated heterocycles. The highest BCUT2D eigenvalue weighted by molar-refractivity contribution is 6.04. The van der Waals surface area contributed by atoms with Crippen LogP contribution in [0.25, 0.3) is 0 Å². The lowest BCUT2D eigenvalue weighted by Crippen LogP contribution is -2.46. The van der Waals surface area contributed by atoms with E-state index in [1.165, 1.54) is 5.56 Å². The molecule has 36 heavy (non-hydrogen) atoms. The number of piperidine rings is 1. The molecule has 8 heteroatoms. The molecule has 0 aliphatic carbocycles. The fourth-order valence-electron chi connectivity index (χ4n) is 5.07. The SMILES string of the molecule is CCCN(CC1CCN(C(=O)NC)CC1)C(C)Cc1cccc(NC(=O)c2ccc3c(c2)OCO3)c1. The molecule has 0 bridgehead atoms. The molecule has 2 N–H and O–H groups in total. The minimum atomic E-state index is -0.172. The van der Waals surface area contributed by atoms with E-state index in [-0.39, 0.29) is 18.7 Å². The number of urea groups is 1. The zero-order valence-electron chi connectivity index (χ0n) is 21.6. The van der Waals surface area contributed by atoms with Crippen molar-refractivity contribution in [2.24, 2.45) is 5.92 Å². The first-order valence-corrected chi connectivity index (χ1v) is 13.0. The van der Waals surface area contributed by atoms with Crippen LogP contribution in [-0.2, 0) is 6.42 Å². The Balaban J connectivity index is 1.33. The van der Waals surface area contributed by atoms with Crippen LogP contribution in [0, 0.1) is 5.92 Å². The number of anilines is 1. The van der Waals surface area contributed by atoms with Gasteiger partial charge in [-0.2, -0.15) is 0 Å². The number of carbonyl (C=O) groups is 2. The van der Waals surface area contributed by atoms with Crippen LogP contribution in [0.2, 0.25) is 0 Å². The van der Waals surface area contributed by atoms with E-state index in [4.69, 9.17) is 9.47 Å². The summed E-state index contributed by atoms with van der Waals surface area (Å²) in [5.74, 6) is 1.69. The van der Waals surface area contributed by atoms with Gasteiger partial charge < -0.3 is 29.9 Å². The second kappa shape index (κ2) is 12.1. The van der Waals surface area contributed by atoms with E-state index in [0.717, 1.165) is 57.5 Å². The van der Waals surface area contributed by atoms with Gasteiger partial charge in [0.2, 0.25) is 6.79 Å². The largest absolute Gasteiger partial charge is 0.454 e. The zero-order chi connectivity index (χ0) is 25.5. The van der Waals surface area contributed by atoms with E-state index in [0.29, 0.717) is 29.0 Å². The molecular formula is C28H38N4O4. The normalized spacial score (nSPS) is 16.2. The maximum absolute atomic E-state index is 12.8. The van der Waals surface area contributed by atoms with Crippen LogP contribution in [-0.4, -0.2) is 67.8 Å². The Morgan fingerprint density at radius 1 is 1.11 bits per heavy atom. The Kier molecular flexibility index (Phi) is 8.70. The third-order valence-corrected chi connectivity index (χ3v) is 7.09. The van der Waals surface area contributed by atoms with Gasteiger partial charge >= 0.3 is 6.03 Å². The molecule has 1 fully saturated rings. The molecule has 2 aromatic rings. The van der Waals surface area contributed by atoms with Gasteiger partial charge in [-0.05, 0) is 81.0 Å². The second-order valence-corrected chi connectivity index (χ2v) is 9.76. The Morgan fingerprint density at radius 2 is 1.89 bits per heavy atom. The Bertz CT molecular complexity index is 1050. The summed E-state index contributed by atoms with van der Waals surface area (Å²) in [6, 6.07) is 13.7. The quantitative estimate of drug-likeness (QED) is 0.541. The van der Waals surface area contributed by atoms with Crippen molar-refractivity contribution < 1.29 is 19.1 Å². The number of nitrogens with one attached hydrogen (secondary N) is 2. The van der Waals surface area contributed by atoms with Crippen molar-refractivity contribution in [1.29, 1.82) is 0 Å². The first-order valence-electron chi connectivity index (χ1n) is 13.0. The molecule has 0 aromatic heterocycles. The van der Waals surface area contributed by atoms with Crippen LogP contribution >= 0.6 is 0 Å². The summed E-state index contributed by atoms with van der Waals surface area (Å²) in [5.41, 5.74) is 2.52. The average Bonchev–Trinajstić information content (AvgIpc) is 3.36. The van der Waals surface area contributed by atoms with E-state index in [1.807, 2.05) is 17.0 Å². The number of amides is 3. The highest BCUT2D eigenvalue weighted by atomic mass is 16.7. The van der Waals surface area contributed by atoms with Crippen molar-refractivity contribution >= 4 is 17.6 Å². The standard InChI is InChI=1S/C28H38N4O4/c1-4-12-32(18-21-10-13-31(14-11-21)28(34)29-3)20(2)15-22-6-5-7-24(16-22)30-27(33)23-8-9-25-26(17-23)36-19-35-25/h5-9,16-17,20-21H,4,10-15,18-19H2,1-3H3,(H,29,34)(H,30,33). The summed E-state index contributed by atoms with van der Waals surface area (Å²) in [5, 5.41) is 5.75. The topological polar surface area (TPSA) is 83.1 Å². The van der Waals surface area contributed by atoms with Crippen molar-refractivity contribution in [3.8, 4) is 11.5 Å². The zero-order valence-corrected chi connectivity index (χ0v) is 21.6. The Morgan fingerprint density at radius 3 is 2.64 bits per heavy atom. The number of fused-ring (bicyclic) bond motifs is 1. The highest BCUT2D eigenvalue weighted by Gasteiger charge is 2.25. The predicted octanol–water partition coefficient (Wildman–Crippen LogP) is 4.36. The average molecular weight is 495 g/mol. The number of carbonyl (C=O) groups excluding carboxylic acids is 2. The van der Waals surface area contributed by atoms with E-state index in [1.54, 1.807) is 25.2 Å². The van der Waals surface area contributed by atoms with E-state index >= 15 is 0 Å². The molecule has 0 radical (unpaired) electrons. The molecule has 0 saturated carbocycles. The number of ether oxygens (including phenoxy) is 2. The number of benzene rings is 2. The van der Waals surface area contributed by atoms with E-state index in [2.05, 4.69) is 41.5 Å². The Hall–Kier alpha value is -3.26. The van der Waals surface area contributed by atoms with Crippen molar-refractivity contribution in [1.82, 2.24) is 15.1 Å². The fraction of sp³-hybridized carbons (Fsp3) is 0.500. The Labute approximate surface area is 213 Å². The van der Waals surface area contributed by atoms with Crippen LogP contribution in [0.15, 0.2) is 42.5 Å². The molecule has 2 aromatic carbocycles. The van der Waals surface area contributed by atoms with Gasteiger partial charge in [-0.25, -0.2) is 4.79 Å². The van der Waals surface area contributed by atoms with Gasteiger partial charge in [0.25, 0.3) is 5.91 Å². The highest BCUT2D eigenvalue weighted by Crippen LogP contribution is 2.32. The number of nitrogens with zero attached hydrogens (tertiary/aromatic N) is 2. The molecule has 194 valence electrons. The van der Waals surface area contributed by atoms with Gasteiger partial charge in [0.05, 0.1) is 0 Å². The van der Waals surface area contributed by atoms with Gasteiger partial charge in [0.1, 0.15) is 0 Å². The summed E-state index contributed by atoms with van der Waals surface area (Å²) in [6.45, 7) is 8.44. The molecule has 4 rings (SSSR count). The first-order chi connectivity index (χ1) is 17.5. The van der Waals surface area contributed by atoms with Crippen LogP contribution in [0.3, 0.4) is 0 Å². The molecule has 2 heterocycles. The summed E-state index contributed by atoms with van der Waals surface area (Å²) in [7, 11) is 1.69. The summed E-state index contributed by atoms with van der Waals surface area (Å²) < 4.78 is 10.7. The van der Waals surface area contributed by atoms with E-state index < -0.39 is 0 Å². The van der Waals surface area contributed by atoms with Crippen molar-refractivity contribution in [2.45, 2.75) is 45.6 Å². The minimum Gasteiger partial charge on any atom is -0.454 e. The first kappa shape index (κ1) is 25.8. The van der Waals surface area contributed by atoms with E-state index in [9.17, 15) is 9.59 Å². The summed E-state index contributed by atoms with van der Waals surface area (Å²) in [6.07, 6.45) is 4.10. The minimum absolute atomic E-state index is 0.0257. The maximum Gasteiger partial charge on any atom is 0.317 e. The molecular weight excluding hydrogens is 456 g/mol. The molecule has 1 unspecified atom stereocenters. The van der Waals surface area contributed by atoms with Gasteiger partial charge in [-0.15, -0.1) is 0 Å². The number of hydrogen-bond donors (Lipinski definition) is 2. The predicted molar refractivity (Wildman–Crippen MR) is 141 cm³/mol. The van der Waals surface area contributed by atoms with Crippen LogP contribution in [0.5, 0.6) is 11.5 Å². The van der Waals surface area contributed by atoms with Crippen LogP contribution in [0.1, 0.15) is 49.0 Å². The molecule has 0 spiro atoms. The van der Waals surface area contributed by atoms with Crippen molar-refractivity contribution in [3.63, 3.8) is 0 Å². The van der Waals surface area contributed by atoms with Crippen molar-refractivity contribution in [2.75, 3.05) is 45.3 Å². The van der Waals surface area contributed by atoms with Crippen LogP contribution < -0.4 is 20.1 Å². The third-order valence-electron chi connectivity index (χ3n) is 7.09. The number of likely N-dealkylation sites (tertiary alicyclic amines) is 1. The smallest absolute Gasteiger partial charge is 0.317 e. The number of hydrogen-bond acceptors (Lipinski definition) is 5. The van der Waals surface area contributed by atoms with Gasteiger partial charge in [-0.1, -0.05) is 19.1 Å². The molecule has 1 atom stereocenters. The van der Waals surface area contributed by atoms with Gasteiger partial charge in [0, 0.05) is 44.0 Å². The molecule has 2 aliphatic rings. The van der Waals surface area contributed by atoms with Gasteiger partial charge in [-0.3, -0.25) is 4.79 Å². The monoisotopic (exact) mass is 494 g/mol. The van der Waals surface area contributed by atoms with Crippen LogP contribution in [0.4, 0.5) is 10.5 Å². The number of rotatable bonds is 9. The molecule has 3 amide bonds. The summed E-state index contributed by atoms with van der Waals surface area (Å²) in [4.78, 5) is 29.2. The maximum atomic E-state index is 12.8. The van der Waals surface area contributed by atoms with Crippen molar-refractivity contribution in [3.05, 3.63) is 53.6 Å². The molecule has 2 aliphatic heterocycles. The summed E-state index contributed by atoms with van der Waals surface area (Å²) >= 11 is 0. The molecule has 8 nitrogen and oxygen atoms in total. The van der Waals surface area contributed by atoms with Gasteiger partial charge in [0.15, 0.2) is 11.5 Å². The third kappa shape index (κ3) is 6.49. The lowest BCUT2D eigenvalue weighted by atomic mass is 9.95. The lowest BCUT2D eigenvalue weighted by molar-refractivity contribution is 0.102. The lowest BCUT2D eigenvalue weighted by Gasteiger charge is -2.37. The second-order valence-electron chi connectivity index (χ2n) is 9.76. The fourth-order valence-corrected chi connectivity index (χ4v) is 5.07.